The average Bonchev–Trinajstić information content (AvgIpc) is 2.62. The van der Waals surface area contributed by atoms with Crippen molar-refractivity contribution in [2.45, 2.75) is 13.5 Å². The fraction of sp³-hybridized carbons (Fsp3) is 0.375. The van der Waals surface area contributed by atoms with Crippen molar-refractivity contribution in [3.8, 4) is 0 Å². The van der Waals surface area contributed by atoms with E-state index in [-0.39, 0.29) is 5.39 Å². The second kappa shape index (κ2) is 6.56. The molecule has 0 saturated carbocycles. The first-order valence-electron chi connectivity index (χ1n) is 7.72. The Hall–Kier alpha value is -2.48. The number of hydrogen-bond donors (Lipinski definition) is 1. The molecular weight excluding hydrogens is 320 g/mol. The van der Waals surface area contributed by atoms with Crippen LogP contribution in [0.5, 0.6) is 0 Å². The number of piperazine rings is 1. The van der Waals surface area contributed by atoms with E-state index >= 15 is 0 Å². The first-order valence-corrected chi connectivity index (χ1v) is 7.72. The van der Waals surface area contributed by atoms with E-state index in [1.807, 2.05) is 11.8 Å². The van der Waals surface area contributed by atoms with Gasteiger partial charge in [0.25, 0.3) is 0 Å². The number of aromatic nitrogens is 1. The first kappa shape index (κ1) is 16.4. The second-order valence-electron chi connectivity index (χ2n) is 5.58. The normalized spacial score (nSPS) is 14.9. The Morgan fingerprint density at radius 2 is 2.04 bits per heavy atom. The van der Waals surface area contributed by atoms with Crippen molar-refractivity contribution < 1.29 is 18.7 Å². The van der Waals surface area contributed by atoms with Crippen LogP contribution in [0, 0.1) is 5.82 Å². The van der Waals surface area contributed by atoms with Crippen molar-refractivity contribution in [1.29, 1.82) is 0 Å². The molecule has 0 amide bonds. The number of aryl methyl sites for hydroxylation is 1. The Balaban J connectivity index is 2.22. The number of nitrogens with zero attached hydrogens (tertiary/aromatic N) is 2. The van der Waals surface area contributed by atoms with E-state index in [0.717, 1.165) is 19.2 Å². The summed E-state index contributed by atoms with van der Waals surface area (Å²) < 4.78 is 28.3. The highest BCUT2D eigenvalue weighted by atomic mass is 19.3. The molecule has 0 unspecified atom stereocenters. The van der Waals surface area contributed by atoms with Crippen LogP contribution in [0.25, 0.3) is 10.9 Å². The van der Waals surface area contributed by atoms with Gasteiger partial charge in [0.05, 0.1) is 11.2 Å². The van der Waals surface area contributed by atoms with Gasteiger partial charge in [-0.3, -0.25) is 4.79 Å². The molecule has 0 aliphatic carbocycles. The maximum Gasteiger partial charge on any atom is 0.384 e. The lowest BCUT2D eigenvalue weighted by Gasteiger charge is -2.30. The van der Waals surface area contributed by atoms with Gasteiger partial charge in [0.2, 0.25) is 5.43 Å². The molecule has 0 spiro atoms. The maximum absolute atomic E-state index is 14.5. The summed E-state index contributed by atoms with van der Waals surface area (Å²) >= 11 is 0. The van der Waals surface area contributed by atoms with Crippen molar-refractivity contribution in [3.05, 3.63) is 39.9 Å². The molecular formula is C16H17F2N3O3. The topological polar surface area (TPSA) is 63.6 Å². The molecule has 3 rings (SSSR count). The van der Waals surface area contributed by atoms with Crippen LogP contribution in [0.15, 0.2) is 23.1 Å². The van der Waals surface area contributed by atoms with E-state index < -0.39 is 22.8 Å². The fourth-order valence-corrected chi connectivity index (χ4v) is 3.00. The highest BCUT2D eigenvalue weighted by molar-refractivity contribution is 5.94. The van der Waals surface area contributed by atoms with E-state index in [4.69, 9.17) is 0 Å². The minimum absolute atomic E-state index is 0.0242. The molecule has 1 aromatic heterocycles. The number of nitrogens with one attached hydrogen (secondary N) is 1. The molecule has 1 aliphatic rings. The van der Waals surface area contributed by atoms with Crippen LogP contribution in [0.2, 0.25) is 0 Å². The number of carbonyl (C=O) groups excluding carboxylic acids is 1. The monoisotopic (exact) mass is 337 g/mol. The van der Waals surface area contributed by atoms with Gasteiger partial charge in [0, 0.05) is 48.8 Å². The standard InChI is InChI=1S/C16H17F2N3O3/c1-2-20-9-11(16(23)24-18)15(22)10-7-12(17)14(8-13(10)20)21-5-3-19-4-6-21/h7-9,19H,2-6H2,1H3. The number of fused-ring (bicyclic) bond motifs is 1. The summed E-state index contributed by atoms with van der Waals surface area (Å²) in [5, 5.41) is 3.22. The van der Waals surface area contributed by atoms with Crippen LogP contribution in [0.1, 0.15) is 17.3 Å². The van der Waals surface area contributed by atoms with Crippen LogP contribution in [-0.2, 0) is 11.5 Å². The molecule has 1 aromatic carbocycles. The molecule has 1 saturated heterocycles. The third-order valence-corrected chi connectivity index (χ3v) is 4.24. The third-order valence-electron chi connectivity index (χ3n) is 4.24. The van der Waals surface area contributed by atoms with Gasteiger partial charge in [-0.2, -0.15) is 0 Å². The number of rotatable bonds is 3. The quantitative estimate of drug-likeness (QED) is 0.922. The molecule has 24 heavy (non-hydrogen) atoms. The molecule has 1 aliphatic heterocycles. The molecule has 6 nitrogen and oxygen atoms in total. The zero-order chi connectivity index (χ0) is 17.3. The molecule has 8 heteroatoms. The molecule has 2 aromatic rings. The minimum atomic E-state index is -1.38. The van der Waals surface area contributed by atoms with Crippen LogP contribution in [0.3, 0.4) is 0 Å². The number of hydrogen-bond acceptors (Lipinski definition) is 5. The van der Waals surface area contributed by atoms with Gasteiger partial charge in [-0.05, 0) is 19.1 Å². The summed E-state index contributed by atoms with van der Waals surface area (Å²) in [6.45, 7) is 5.05. The van der Waals surface area contributed by atoms with E-state index in [9.17, 15) is 18.5 Å². The fourth-order valence-electron chi connectivity index (χ4n) is 3.00. The van der Waals surface area contributed by atoms with Crippen LogP contribution in [0.4, 0.5) is 14.6 Å². The molecule has 1 N–H and O–H groups in total. The smallest absolute Gasteiger partial charge is 0.367 e. The van der Waals surface area contributed by atoms with E-state index in [1.54, 1.807) is 10.6 Å². The number of pyridine rings is 1. The van der Waals surface area contributed by atoms with Crippen LogP contribution < -0.4 is 15.6 Å². The zero-order valence-corrected chi connectivity index (χ0v) is 13.1. The number of halogens is 2. The zero-order valence-electron chi connectivity index (χ0n) is 13.1. The summed E-state index contributed by atoms with van der Waals surface area (Å²) in [6.07, 6.45) is 1.24. The van der Waals surface area contributed by atoms with Crippen LogP contribution >= 0.6 is 0 Å². The van der Waals surface area contributed by atoms with Gasteiger partial charge in [-0.25, -0.2) is 14.1 Å². The lowest BCUT2D eigenvalue weighted by molar-refractivity contribution is -0.0789. The lowest BCUT2D eigenvalue weighted by atomic mass is 10.1. The third kappa shape index (κ3) is 2.73. The molecule has 128 valence electrons. The Labute approximate surface area is 136 Å². The summed E-state index contributed by atoms with van der Waals surface area (Å²) in [6, 6.07) is 2.71. The van der Waals surface area contributed by atoms with E-state index in [0.29, 0.717) is 30.8 Å². The number of anilines is 1. The lowest BCUT2D eigenvalue weighted by Crippen LogP contribution is -2.43. The molecule has 1 fully saturated rings. The summed E-state index contributed by atoms with van der Waals surface area (Å²) in [4.78, 5) is 28.8. The second-order valence-corrected chi connectivity index (χ2v) is 5.58. The van der Waals surface area contributed by atoms with Crippen molar-refractivity contribution in [3.63, 3.8) is 0 Å². The van der Waals surface area contributed by atoms with Crippen molar-refractivity contribution in [1.82, 2.24) is 9.88 Å². The molecule has 0 atom stereocenters. The van der Waals surface area contributed by atoms with Gasteiger partial charge in [0.15, 0.2) is 0 Å². The van der Waals surface area contributed by atoms with E-state index in [1.165, 1.54) is 6.20 Å². The highest BCUT2D eigenvalue weighted by Crippen LogP contribution is 2.25. The van der Waals surface area contributed by atoms with Gasteiger partial charge in [-0.1, -0.05) is 0 Å². The van der Waals surface area contributed by atoms with Gasteiger partial charge < -0.3 is 14.8 Å². The molecule has 2 heterocycles. The van der Waals surface area contributed by atoms with Crippen molar-refractivity contribution in [2.24, 2.45) is 0 Å². The summed E-state index contributed by atoms with van der Waals surface area (Å²) in [7, 11) is 0. The van der Waals surface area contributed by atoms with Crippen molar-refractivity contribution >= 4 is 22.6 Å². The summed E-state index contributed by atoms with van der Waals surface area (Å²) in [5.74, 6) is -1.93. The maximum atomic E-state index is 14.5. The van der Waals surface area contributed by atoms with E-state index in [2.05, 4.69) is 10.3 Å². The molecule has 0 bridgehead atoms. The first-order chi connectivity index (χ1) is 11.6. The minimum Gasteiger partial charge on any atom is -0.367 e. The van der Waals surface area contributed by atoms with Crippen molar-refractivity contribution in [2.75, 3.05) is 31.1 Å². The Morgan fingerprint density at radius 3 is 2.67 bits per heavy atom. The Bertz CT molecular complexity index is 845. The Morgan fingerprint density at radius 1 is 1.33 bits per heavy atom. The SMILES string of the molecule is CCn1cc(C(=O)OF)c(=O)c2cc(F)c(N3CCNCC3)cc21. The van der Waals surface area contributed by atoms with Gasteiger partial charge in [-0.15, -0.1) is 0 Å². The average molecular weight is 337 g/mol. The van der Waals surface area contributed by atoms with Crippen LogP contribution in [-0.4, -0.2) is 36.7 Å². The number of carbonyl (C=O) groups is 1. The van der Waals surface area contributed by atoms with Gasteiger partial charge >= 0.3 is 5.97 Å². The van der Waals surface area contributed by atoms with Gasteiger partial charge in [0.1, 0.15) is 11.4 Å². The highest BCUT2D eigenvalue weighted by Gasteiger charge is 2.21. The number of benzene rings is 1. The molecule has 0 radical (unpaired) electrons. The summed E-state index contributed by atoms with van der Waals surface area (Å²) in [5.41, 5.74) is -0.302. The largest absolute Gasteiger partial charge is 0.384 e. The predicted octanol–water partition coefficient (Wildman–Crippen LogP) is 1.61. The predicted molar refractivity (Wildman–Crippen MR) is 85.4 cm³/mol. The Kier molecular flexibility index (Phi) is 4.48.